The zero-order valence-electron chi connectivity index (χ0n) is 27.6. The summed E-state index contributed by atoms with van der Waals surface area (Å²) in [6.07, 6.45) is 0. The molecule has 0 unspecified atom stereocenters. The molecule has 0 N–H and O–H groups in total. The van der Waals surface area contributed by atoms with Crippen molar-refractivity contribution in [1.82, 2.24) is 0 Å². The monoisotopic (exact) mass is 634 g/mol. The van der Waals surface area contributed by atoms with Crippen LogP contribution in [0.1, 0.15) is 0 Å². The van der Waals surface area contributed by atoms with Crippen molar-refractivity contribution < 1.29 is 0 Å². The first-order valence-electron chi connectivity index (χ1n) is 17.3. The smallest absolute Gasteiger partial charge is 0.00201 e. The topological polar surface area (TPSA) is 0 Å². The van der Waals surface area contributed by atoms with Gasteiger partial charge < -0.3 is 0 Å². The van der Waals surface area contributed by atoms with Crippen LogP contribution in [0.4, 0.5) is 0 Å². The van der Waals surface area contributed by atoms with Crippen molar-refractivity contribution in [2.45, 2.75) is 0 Å². The number of fused-ring (bicyclic) bond motifs is 2. The van der Waals surface area contributed by atoms with Gasteiger partial charge in [-0.25, -0.2) is 0 Å². The second-order valence-electron chi connectivity index (χ2n) is 12.9. The summed E-state index contributed by atoms with van der Waals surface area (Å²) in [5, 5.41) is 5.07. The predicted molar refractivity (Wildman–Crippen MR) is 214 cm³/mol. The van der Waals surface area contributed by atoms with E-state index in [9.17, 15) is 0 Å². The van der Waals surface area contributed by atoms with Crippen molar-refractivity contribution in [1.29, 1.82) is 0 Å². The highest BCUT2D eigenvalue weighted by molar-refractivity contribution is 6.22. The molecule has 0 fully saturated rings. The molecule has 0 aliphatic heterocycles. The van der Waals surface area contributed by atoms with Crippen molar-refractivity contribution in [3.8, 4) is 66.8 Å². The molecule has 0 saturated carbocycles. The lowest BCUT2D eigenvalue weighted by Crippen LogP contribution is -1.92. The third-order valence-electron chi connectivity index (χ3n) is 9.91. The molecule has 0 heterocycles. The highest BCUT2D eigenvalue weighted by atomic mass is 14.2. The summed E-state index contributed by atoms with van der Waals surface area (Å²) in [6.45, 7) is 0. The summed E-state index contributed by atoms with van der Waals surface area (Å²) in [5.74, 6) is 0. The molecule has 0 heteroatoms. The summed E-state index contributed by atoms with van der Waals surface area (Å²) in [6, 6.07) is 74.8. The van der Waals surface area contributed by atoms with Gasteiger partial charge in [-0.05, 0) is 94.4 Å². The van der Waals surface area contributed by atoms with Gasteiger partial charge in [0.2, 0.25) is 0 Å². The molecule has 0 bridgehead atoms. The molecule has 9 rings (SSSR count). The van der Waals surface area contributed by atoms with Crippen LogP contribution in [0.15, 0.2) is 206 Å². The maximum Gasteiger partial charge on any atom is -0.00201 e. The quantitative estimate of drug-likeness (QED) is 0.160. The number of rotatable bonds is 6. The minimum absolute atomic E-state index is 1.21. The summed E-state index contributed by atoms with van der Waals surface area (Å²) < 4.78 is 0. The Hall–Kier alpha value is -6.50. The van der Waals surface area contributed by atoms with Crippen molar-refractivity contribution in [3.63, 3.8) is 0 Å². The van der Waals surface area contributed by atoms with E-state index in [-0.39, 0.29) is 0 Å². The first-order chi connectivity index (χ1) is 24.8. The first-order valence-corrected chi connectivity index (χ1v) is 17.3. The highest BCUT2D eigenvalue weighted by Gasteiger charge is 2.18. The normalized spacial score (nSPS) is 11.2. The van der Waals surface area contributed by atoms with Crippen molar-refractivity contribution >= 4 is 21.5 Å². The van der Waals surface area contributed by atoms with Crippen LogP contribution in [0.2, 0.25) is 0 Å². The van der Waals surface area contributed by atoms with E-state index >= 15 is 0 Å². The van der Waals surface area contributed by atoms with E-state index in [2.05, 4.69) is 206 Å². The Morgan fingerprint density at radius 3 is 1.04 bits per heavy atom. The zero-order chi connectivity index (χ0) is 33.3. The number of hydrogen-bond donors (Lipinski definition) is 0. The Labute approximate surface area is 293 Å². The van der Waals surface area contributed by atoms with Crippen LogP contribution in [0.3, 0.4) is 0 Å². The molecule has 0 saturated heterocycles. The van der Waals surface area contributed by atoms with Crippen molar-refractivity contribution in [3.05, 3.63) is 206 Å². The third-order valence-corrected chi connectivity index (χ3v) is 9.91. The van der Waals surface area contributed by atoms with Crippen molar-refractivity contribution in [2.75, 3.05) is 0 Å². The van der Waals surface area contributed by atoms with Gasteiger partial charge in [0, 0.05) is 0 Å². The lowest BCUT2D eigenvalue weighted by atomic mass is 9.83. The van der Waals surface area contributed by atoms with E-state index in [0.29, 0.717) is 0 Å². The average Bonchev–Trinajstić information content (AvgIpc) is 3.21. The van der Waals surface area contributed by atoms with Crippen LogP contribution in [-0.4, -0.2) is 0 Å². The molecule has 0 aromatic heterocycles. The van der Waals surface area contributed by atoms with Crippen LogP contribution >= 0.6 is 0 Å². The maximum absolute atomic E-state index is 2.34. The predicted octanol–water partition coefficient (Wildman–Crippen LogP) is 14.0. The lowest BCUT2D eigenvalue weighted by molar-refractivity contribution is 1.56. The van der Waals surface area contributed by atoms with Crippen LogP contribution in [-0.2, 0) is 0 Å². The maximum atomic E-state index is 2.34. The van der Waals surface area contributed by atoms with Gasteiger partial charge in [-0.15, -0.1) is 0 Å². The second kappa shape index (κ2) is 12.8. The molecular weight excluding hydrogens is 601 g/mol. The number of hydrogen-bond acceptors (Lipinski definition) is 0. The van der Waals surface area contributed by atoms with Gasteiger partial charge in [-0.3, -0.25) is 0 Å². The molecule has 50 heavy (non-hydrogen) atoms. The zero-order valence-corrected chi connectivity index (χ0v) is 27.6. The van der Waals surface area contributed by atoms with Gasteiger partial charge >= 0.3 is 0 Å². The molecule has 0 nitrogen and oxygen atoms in total. The standard InChI is InChI=1S/C50H34/c1-3-14-35(15-4-1)36-26-28-37(29-27-36)38-30-32-39(33-31-38)41-18-13-19-42(34-41)43-20-7-8-21-44(43)50-47-24-11-9-22-45(47)49(40-16-5-2-6-17-40)46-23-10-12-25-48(46)50/h1-34H. The van der Waals surface area contributed by atoms with E-state index in [0.717, 1.165) is 0 Å². The molecule has 234 valence electrons. The Kier molecular flexibility index (Phi) is 7.61. The van der Waals surface area contributed by atoms with Crippen LogP contribution in [0, 0.1) is 0 Å². The molecule has 9 aromatic carbocycles. The Morgan fingerprint density at radius 2 is 0.520 bits per heavy atom. The van der Waals surface area contributed by atoms with Crippen LogP contribution in [0.5, 0.6) is 0 Å². The largest absolute Gasteiger partial charge is 0.0622 e. The first kappa shape index (κ1) is 29.6. The molecule has 0 spiro atoms. The average molecular weight is 635 g/mol. The molecular formula is C50H34. The summed E-state index contributed by atoms with van der Waals surface area (Å²) in [7, 11) is 0. The van der Waals surface area contributed by atoms with Gasteiger partial charge in [0.15, 0.2) is 0 Å². The fourth-order valence-electron chi connectivity index (χ4n) is 7.49. The second-order valence-corrected chi connectivity index (χ2v) is 12.9. The fraction of sp³-hybridized carbons (Fsp3) is 0. The van der Waals surface area contributed by atoms with Crippen LogP contribution < -0.4 is 0 Å². The third kappa shape index (κ3) is 5.38. The lowest BCUT2D eigenvalue weighted by Gasteiger charge is -2.20. The number of benzene rings is 9. The van der Waals surface area contributed by atoms with E-state index < -0.39 is 0 Å². The summed E-state index contributed by atoms with van der Waals surface area (Å²) in [5.41, 5.74) is 14.8. The molecule has 0 aliphatic rings. The van der Waals surface area contributed by atoms with E-state index in [1.54, 1.807) is 0 Å². The molecule has 9 aromatic rings. The van der Waals surface area contributed by atoms with E-state index in [1.165, 1.54) is 88.3 Å². The van der Waals surface area contributed by atoms with Crippen LogP contribution in [0.25, 0.3) is 88.3 Å². The van der Waals surface area contributed by atoms with E-state index in [4.69, 9.17) is 0 Å². The minimum atomic E-state index is 1.21. The van der Waals surface area contributed by atoms with E-state index in [1.807, 2.05) is 0 Å². The molecule has 0 atom stereocenters. The Morgan fingerprint density at radius 1 is 0.180 bits per heavy atom. The SMILES string of the molecule is c1ccc(-c2ccc(-c3ccc(-c4cccc(-c5ccccc5-c5c6ccccc6c(-c6ccccc6)c6ccccc56)c4)cc3)cc2)cc1. The van der Waals surface area contributed by atoms with Gasteiger partial charge in [-0.1, -0.05) is 200 Å². The summed E-state index contributed by atoms with van der Waals surface area (Å²) in [4.78, 5) is 0. The fourth-order valence-corrected chi connectivity index (χ4v) is 7.49. The summed E-state index contributed by atoms with van der Waals surface area (Å²) >= 11 is 0. The molecule has 0 radical (unpaired) electrons. The van der Waals surface area contributed by atoms with Gasteiger partial charge in [-0.2, -0.15) is 0 Å². The minimum Gasteiger partial charge on any atom is -0.0622 e. The van der Waals surface area contributed by atoms with Gasteiger partial charge in [0.05, 0.1) is 0 Å². The highest BCUT2D eigenvalue weighted by Crippen LogP contribution is 2.46. The van der Waals surface area contributed by atoms with Gasteiger partial charge in [0.25, 0.3) is 0 Å². The van der Waals surface area contributed by atoms with Crippen molar-refractivity contribution in [2.24, 2.45) is 0 Å². The van der Waals surface area contributed by atoms with Gasteiger partial charge in [0.1, 0.15) is 0 Å². The Balaban J connectivity index is 1.12. The Bertz CT molecular complexity index is 2540. The molecule has 0 aliphatic carbocycles. The molecule has 0 amide bonds.